The van der Waals surface area contributed by atoms with Gasteiger partial charge >= 0.3 is 0 Å². The summed E-state index contributed by atoms with van der Waals surface area (Å²) in [6.45, 7) is 2.73. The lowest BCUT2D eigenvalue weighted by atomic mass is 10.6. The van der Waals surface area contributed by atoms with E-state index in [4.69, 9.17) is 5.11 Å². The lowest BCUT2D eigenvalue weighted by Crippen LogP contribution is -2.32. The molecule has 0 rings (SSSR count). The predicted octanol–water partition coefficient (Wildman–Crippen LogP) is -0.140. The molecule has 0 aromatic heterocycles. The third-order valence-electron chi connectivity index (χ3n) is 1.09. The first kappa shape index (κ1) is 7.88. The molecule has 0 aliphatic rings. The number of aliphatic hydroxyl groups excluding tert-OH is 1. The van der Waals surface area contributed by atoms with Crippen molar-refractivity contribution in [1.29, 1.82) is 0 Å². The highest BCUT2D eigenvalue weighted by molar-refractivity contribution is 4.38. The maximum absolute atomic E-state index is 8.83. The summed E-state index contributed by atoms with van der Waals surface area (Å²) in [5.41, 5.74) is 0. The van der Waals surface area contributed by atoms with Crippen LogP contribution in [0.3, 0.4) is 0 Å². The average Bonchev–Trinajstić information content (AvgIpc) is 1.84. The van der Waals surface area contributed by atoms with Gasteiger partial charge in [0, 0.05) is 7.11 Å². The maximum atomic E-state index is 8.83. The summed E-state index contributed by atoms with van der Waals surface area (Å²) in [5.74, 6) is 0. The summed E-state index contributed by atoms with van der Waals surface area (Å²) >= 11 is 0. The smallest absolute Gasteiger partial charge is 0.215 e. The van der Waals surface area contributed by atoms with Crippen molar-refractivity contribution >= 4 is 0 Å². The van der Waals surface area contributed by atoms with Gasteiger partial charge in [0.15, 0.2) is 0 Å². The quantitative estimate of drug-likeness (QED) is 0.525. The third-order valence-corrected chi connectivity index (χ3v) is 1.09. The summed E-state index contributed by atoms with van der Waals surface area (Å²) in [6.07, 6.45) is -0.750. The molecule has 1 unspecified atom stereocenters. The second-order valence-electron chi connectivity index (χ2n) is 1.64. The van der Waals surface area contributed by atoms with Crippen LogP contribution in [-0.2, 0) is 4.74 Å². The number of hydrogen-bond acceptors (Lipinski definition) is 3. The van der Waals surface area contributed by atoms with Crippen LogP contribution < -0.4 is 0 Å². The van der Waals surface area contributed by atoms with Crippen molar-refractivity contribution in [2.45, 2.75) is 13.3 Å². The second-order valence-corrected chi connectivity index (χ2v) is 1.64. The van der Waals surface area contributed by atoms with Crippen molar-refractivity contribution in [3.8, 4) is 0 Å². The molecule has 0 fully saturated rings. The normalized spacial score (nSPS) is 14.6. The average molecular weight is 119 g/mol. The van der Waals surface area contributed by atoms with Gasteiger partial charge < -0.3 is 9.84 Å². The van der Waals surface area contributed by atoms with Gasteiger partial charge in [-0.3, -0.25) is 4.90 Å². The molecular weight excluding hydrogens is 106 g/mol. The first-order valence-corrected chi connectivity index (χ1v) is 2.63. The Morgan fingerprint density at radius 3 is 2.38 bits per heavy atom. The molecule has 0 aliphatic heterocycles. The first-order valence-electron chi connectivity index (χ1n) is 2.63. The Bertz CT molecular complexity index is 50.4. The van der Waals surface area contributed by atoms with Crippen molar-refractivity contribution < 1.29 is 9.84 Å². The van der Waals surface area contributed by atoms with Gasteiger partial charge in [0.1, 0.15) is 0 Å². The molecule has 0 radical (unpaired) electrons. The zero-order chi connectivity index (χ0) is 6.57. The highest BCUT2D eigenvalue weighted by Gasteiger charge is 2.04. The fourth-order valence-electron chi connectivity index (χ4n) is 0.336. The van der Waals surface area contributed by atoms with Crippen molar-refractivity contribution in [2.24, 2.45) is 0 Å². The molecule has 0 bridgehead atoms. The number of ether oxygens (including phenoxy) is 1. The highest BCUT2D eigenvalue weighted by Crippen LogP contribution is 1.89. The lowest BCUT2D eigenvalue weighted by molar-refractivity contribution is -0.165. The predicted molar refractivity (Wildman–Crippen MR) is 31.3 cm³/mol. The SMILES string of the molecule is CCN(C)C(O)OC. The van der Waals surface area contributed by atoms with Crippen LogP contribution in [0.5, 0.6) is 0 Å². The summed E-state index contributed by atoms with van der Waals surface area (Å²) < 4.78 is 4.58. The van der Waals surface area contributed by atoms with E-state index < -0.39 is 6.41 Å². The molecule has 3 nitrogen and oxygen atoms in total. The van der Waals surface area contributed by atoms with Crippen molar-refractivity contribution in [2.75, 3.05) is 20.7 Å². The molecule has 0 aromatic rings. The Morgan fingerprint density at radius 1 is 1.75 bits per heavy atom. The Labute approximate surface area is 49.9 Å². The van der Waals surface area contributed by atoms with Crippen molar-refractivity contribution in [1.82, 2.24) is 4.90 Å². The summed E-state index contributed by atoms with van der Waals surface area (Å²) in [5, 5.41) is 8.83. The van der Waals surface area contributed by atoms with Gasteiger partial charge in [-0.25, -0.2) is 0 Å². The Balaban J connectivity index is 3.29. The van der Waals surface area contributed by atoms with Crippen LogP contribution >= 0.6 is 0 Å². The Kier molecular flexibility index (Phi) is 3.77. The Morgan fingerprint density at radius 2 is 2.25 bits per heavy atom. The number of methoxy groups -OCH3 is 1. The van der Waals surface area contributed by atoms with Gasteiger partial charge in [0.2, 0.25) is 6.41 Å². The van der Waals surface area contributed by atoms with E-state index in [0.29, 0.717) is 0 Å². The van der Waals surface area contributed by atoms with E-state index in [9.17, 15) is 0 Å². The standard InChI is InChI=1S/C5H13NO2/c1-4-6(2)5(7)8-3/h5,7H,4H2,1-3H3. The van der Waals surface area contributed by atoms with Gasteiger partial charge in [-0.1, -0.05) is 6.92 Å². The van der Waals surface area contributed by atoms with E-state index >= 15 is 0 Å². The number of nitrogens with zero attached hydrogens (tertiary/aromatic N) is 1. The summed E-state index contributed by atoms with van der Waals surface area (Å²) in [7, 11) is 3.25. The molecule has 1 N–H and O–H groups in total. The zero-order valence-corrected chi connectivity index (χ0v) is 5.59. The van der Waals surface area contributed by atoms with E-state index in [2.05, 4.69) is 4.74 Å². The summed E-state index contributed by atoms with van der Waals surface area (Å²) in [4.78, 5) is 1.68. The molecule has 0 saturated carbocycles. The molecule has 0 spiro atoms. The van der Waals surface area contributed by atoms with Crippen LogP contribution in [-0.4, -0.2) is 37.1 Å². The topological polar surface area (TPSA) is 32.7 Å². The third kappa shape index (κ3) is 2.26. The van der Waals surface area contributed by atoms with Crippen LogP contribution in [0.4, 0.5) is 0 Å². The molecule has 8 heavy (non-hydrogen) atoms. The fourth-order valence-corrected chi connectivity index (χ4v) is 0.336. The molecule has 3 heteroatoms. The number of rotatable bonds is 3. The van der Waals surface area contributed by atoms with E-state index in [-0.39, 0.29) is 0 Å². The van der Waals surface area contributed by atoms with Gasteiger partial charge in [-0.15, -0.1) is 0 Å². The highest BCUT2D eigenvalue weighted by atomic mass is 16.6. The number of hydrogen-bond donors (Lipinski definition) is 1. The van der Waals surface area contributed by atoms with Crippen molar-refractivity contribution in [3.05, 3.63) is 0 Å². The van der Waals surface area contributed by atoms with Crippen LogP contribution in [0.15, 0.2) is 0 Å². The molecule has 0 saturated heterocycles. The summed E-state index contributed by atoms with van der Waals surface area (Å²) in [6, 6.07) is 0. The maximum Gasteiger partial charge on any atom is 0.215 e. The van der Waals surface area contributed by atoms with Crippen molar-refractivity contribution in [3.63, 3.8) is 0 Å². The fraction of sp³-hybridized carbons (Fsp3) is 1.00. The number of aliphatic hydroxyl groups is 1. The monoisotopic (exact) mass is 119 g/mol. The zero-order valence-electron chi connectivity index (χ0n) is 5.59. The molecular formula is C5H13NO2. The van der Waals surface area contributed by atoms with Crippen LogP contribution in [0.25, 0.3) is 0 Å². The molecule has 0 heterocycles. The van der Waals surface area contributed by atoms with Crippen LogP contribution in [0, 0.1) is 0 Å². The van der Waals surface area contributed by atoms with E-state index in [1.54, 1.807) is 11.9 Å². The van der Waals surface area contributed by atoms with Gasteiger partial charge in [0.05, 0.1) is 0 Å². The first-order chi connectivity index (χ1) is 3.72. The van der Waals surface area contributed by atoms with Crippen LogP contribution in [0.1, 0.15) is 6.92 Å². The van der Waals surface area contributed by atoms with Gasteiger partial charge in [-0.05, 0) is 13.6 Å². The van der Waals surface area contributed by atoms with E-state index in [0.717, 1.165) is 6.54 Å². The van der Waals surface area contributed by atoms with E-state index in [1.807, 2.05) is 6.92 Å². The van der Waals surface area contributed by atoms with E-state index in [1.165, 1.54) is 7.11 Å². The minimum atomic E-state index is -0.750. The molecule has 0 amide bonds. The minimum absolute atomic E-state index is 0.750. The lowest BCUT2D eigenvalue weighted by Gasteiger charge is -2.18. The largest absolute Gasteiger partial charge is 0.356 e. The second kappa shape index (κ2) is 3.83. The molecule has 0 aliphatic carbocycles. The molecule has 50 valence electrons. The molecule has 1 atom stereocenters. The Hall–Kier alpha value is -0.120. The van der Waals surface area contributed by atoms with Gasteiger partial charge in [0.25, 0.3) is 0 Å². The minimum Gasteiger partial charge on any atom is -0.356 e. The van der Waals surface area contributed by atoms with Crippen LogP contribution in [0.2, 0.25) is 0 Å². The van der Waals surface area contributed by atoms with Gasteiger partial charge in [-0.2, -0.15) is 0 Å². The molecule has 0 aromatic carbocycles.